The maximum absolute atomic E-state index is 9.31. The van der Waals surface area contributed by atoms with Crippen LogP contribution in [0, 0.1) is 6.92 Å². The molecule has 0 atom stereocenters. The van der Waals surface area contributed by atoms with Crippen LogP contribution in [-0.4, -0.2) is 17.2 Å². The van der Waals surface area contributed by atoms with Crippen LogP contribution >= 0.6 is 22.9 Å². The van der Waals surface area contributed by atoms with E-state index in [-0.39, 0.29) is 6.61 Å². The third-order valence-electron chi connectivity index (χ3n) is 2.38. The fraction of sp³-hybridized carbons (Fsp3) is 0.250. The van der Waals surface area contributed by atoms with Crippen molar-refractivity contribution in [3.8, 4) is 16.5 Å². The van der Waals surface area contributed by atoms with Crippen molar-refractivity contribution >= 4 is 22.9 Å². The average molecular weight is 270 g/mol. The summed E-state index contributed by atoms with van der Waals surface area (Å²) in [6.07, 6.45) is 0. The van der Waals surface area contributed by atoms with Gasteiger partial charge in [-0.05, 0) is 18.6 Å². The summed E-state index contributed by atoms with van der Waals surface area (Å²) in [6, 6.07) is 5.75. The molecule has 1 aromatic carbocycles. The molecular formula is C12H12ClNO2S. The molecule has 90 valence electrons. The zero-order chi connectivity index (χ0) is 12.4. The van der Waals surface area contributed by atoms with Gasteiger partial charge in [-0.25, -0.2) is 4.98 Å². The number of aromatic nitrogens is 1. The lowest BCUT2D eigenvalue weighted by molar-refractivity contribution is 0.286. The van der Waals surface area contributed by atoms with Gasteiger partial charge in [-0.3, -0.25) is 0 Å². The molecule has 1 heterocycles. The van der Waals surface area contributed by atoms with Gasteiger partial charge in [-0.1, -0.05) is 35.1 Å². The molecule has 3 nitrogen and oxygen atoms in total. The van der Waals surface area contributed by atoms with Crippen LogP contribution in [0.15, 0.2) is 18.2 Å². The highest BCUT2D eigenvalue weighted by molar-refractivity contribution is 7.13. The second-order valence-electron chi connectivity index (χ2n) is 3.60. The summed E-state index contributed by atoms with van der Waals surface area (Å²) in [5, 5.41) is 10.5. The molecule has 1 N–H and O–H groups in total. The molecule has 0 saturated heterocycles. The van der Waals surface area contributed by atoms with Gasteiger partial charge in [0, 0.05) is 5.56 Å². The van der Waals surface area contributed by atoms with Crippen LogP contribution in [0.25, 0.3) is 11.3 Å². The largest absolute Gasteiger partial charge is 0.473 e. The number of methoxy groups -OCH3 is 1. The number of rotatable bonds is 3. The molecule has 0 aliphatic rings. The first-order chi connectivity index (χ1) is 8.15. The van der Waals surface area contributed by atoms with Gasteiger partial charge < -0.3 is 9.84 Å². The summed E-state index contributed by atoms with van der Waals surface area (Å²) >= 11 is 7.51. The van der Waals surface area contributed by atoms with Gasteiger partial charge >= 0.3 is 0 Å². The summed E-state index contributed by atoms with van der Waals surface area (Å²) in [5.41, 5.74) is 2.60. The normalized spacial score (nSPS) is 10.6. The van der Waals surface area contributed by atoms with E-state index in [1.54, 1.807) is 7.11 Å². The minimum Gasteiger partial charge on any atom is -0.473 e. The van der Waals surface area contributed by atoms with Gasteiger partial charge in [0.25, 0.3) is 5.19 Å². The predicted molar refractivity (Wildman–Crippen MR) is 69.8 cm³/mol. The van der Waals surface area contributed by atoms with Crippen molar-refractivity contribution in [2.24, 2.45) is 0 Å². The number of benzene rings is 1. The van der Waals surface area contributed by atoms with Gasteiger partial charge in [0.05, 0.1) is 29.3 Å². The number of hydrogen-bond donors (Lipinski definition) is 1. The molecule has 17 heavy (non-hydrogen) atoms. The van der Waals surface area contributed by atoms with Crippen molar-refractivity contribution in [1.82, 2.24) is 4.98 Å². The Morgan fingerprint density at radius 1 is 1.47 bits per heavy atom. The first-order valence-corrected chi connectivity index (χ1v) is 6.26. The molecule has 0 unspecified atom stereocenters. The van der Waals surface area contributed by atoms with E-state index in [0.717, 1.165) is 16.0 Å². The molecule has 0 aliphatic heterocycles. The van der Waals surface area contributed by atoms with E-state index in [0.29, 0.717) is 15.9 Å². The number of ether oxygens (including phenoxy) is 1. The van der Waals surface area contributed by atoms with Gasteiger partial charge in [0.1, 0.15) is 0 Å². The van der Waals surface area contributed by atoms with E-state index in [4.69, 9.17) is 16.3 Å². The summed E-state index contributed by atoms with van der Waals surface area (Å²) in [4.78, 5) is 5.07. The Balaban J connectivity index is 2.55. The van der Waals surface area contributed by atoms with Crippen molar-refractivity contribution in [2.75, 3.05) is 7.11 Å². The third-order valence-corrected chi connectivity index (χ3v) is 3.69. The predicted octanol–water partition coefficient (Wildman–Crippen LogP) is 3.27. The number of thiazole rings is 1. The van der Waals surface area contributed by atoms with Gasteiger partial charge in [-0.2, -0.15) is 0 Å². The Bertz CT molecular complexity index is 539. The number of nitrogens with zero attached hydrogens (tertiary/aromatic N) is 1. The topological polar surface area (TPSA) is 42.4 Å². The molecule has 0 aliphatic carbocycles. The summed E-state index contributed by atoms with van der Waals surface area (Å²) in [6.45, 7) is 1.91. The van der Waals surface area contributed by atoms with Crippen molar-refractivity contribution in [2.45, 2.75) is 13.5 Å². The van der Waals surface area contributed by atoms with Crippen molar-refractivity contribution in [3.63, 3.8) is 0 Å². The molecule has 0 bridgehead atoms. The van der Waals surface area contributed by atoms with E-state index in [2.05, 4.69) is 4.98 Å². The first kappa shape index (κ1) is 12.4. The standard InChI is InChI=1S/C12H12ClNO2S/c1-7-3-4-8(9(13)5-7)11-10(6-15)17-12(14-11)16-2/h3-5,15H,6H2,1-2H3. The van der Waals surface area contributed by atoms with Crippen LogP contribution in [0.4, 0.5) is 0 Å². The van der Waals surface area contributed by atoms with Crippen molar-refractivity contribution in [1.29, 1.82) is 0 Å². The second-order valence-corrected chi connectivity index (χ2v) is 5.05. The highest BCUT2D eigenvalue weighted by Crippen LogP contribution is 2.36. The lowest BCUT2D eigenvalue weighted by Gasteiger charge is -2.03. The van der Waals surface area contributed by atoms with Crippen LogP contribution in [0.2, 0.25) is 5.02 Å². The van der Waals surface area contributed by atoms with Crippen LogP contribution in [0.1, 0.15) is 10.4 Å². The number of aryl methyl sites for hydroxylation is 1. The Morgan fingerprint density at radius 3 is 2.82 bits per heavy atom. The zero-order valence-electron chi connectivity index (χ0n) is 9.53. The molecule has 0 fully saturated rings. The Kier molecular flexibility index (Phi) is 3.66. The van der Waals surface area contributed by atoms with Crippen LogP contribution < -0.4 is 4.74 Å². The van der Waals surface area contributed by atoms with Crippen molar-refractivity contribution in [3.05, 3.63) is 33.7 Å². The maximum Gasteiger partial charge on any atom is 0.273 e. The highest BCUT2D eigenvalue weighted by atomic mass is 35.5. The molecule has 2 aromatic rings. The zero-order valence-corrected chi connectivity index (χ0v) is 11.1. The minimum absolute atomic E-state index is 0.0689. The van der Waals surface area contributed by atoms with Crippen LogP contribution in [0.5, 0.6) is 5.19 Å². The quantitative estimate of drug-likeness (QED) is 0.930. The smallest absolute Gasteiger partial charge is 0.273 e. The van der Waals surface area contributed by atoms with E-state index in [1.807, 2.05) is 25.1 Å². The van der Waals surface area contributed by atoms with E-state index < -0.39 is 0 Å². The van der Waals surface area contributed by atoms with Gasteiger partial charge in [0.15, 0.2) is 0 Å². The number of aliphatic hydroxyl groups is 1. The Hall–Kier alpha value is -1.10. The fourth-order valence-electron chi connectivity index (χ4n) is 1.55. The minimum atomic E-state index is -0.0689. The Labute approximate surface area is 109 Å². The molecule has 0 amide bonds. The molecule has 2 rings (SSSR count). The Morgan fingerprint density at radius 2 is 2.24 bits per heavy atom. The third kappa shape index (κ3) is 2.44. The summed E-state index contributed by atoms with van der Waals surface area (Å²) < 4.78 is 5.08. The lowest BCUT2D eigenvalue weighted by Crippen LogP contribution is -1.87. The molecule has 1 aromatic heterocycles. The maximum atomic E-state index is 9.31. The molecule has 5 heteroatoms. The van der Waals surface area contributed by atoms with Crippen LogP contribution in [0.3, 0.4) is 0 Å². The summed E-state index contributed by atoms with van der Waals surface area (Å²) in [7, 11) is 1.56. The number of halogens is 1. The molecule has 0 spiro atoms. The lowest BCUT2D eigenvalue weighted by atomic mass is 10.1. The SMILES string of the molecule is COc1nc(-c2ccc(C)cc2Cl)c(CO)s1. The van der Waals surface area contributed by atoms with Gasteiger partial charge in [-0.15, -0.1) is 0 Å². The van der Waals surface area contributed by atoms with E-state index in [9.17, 15) is 5.11 Å². The summed E-state index contributed by atoms with van der Waals surface area (Å²) in [5.74, 6) is 0. The highest BCUT2D eigenvalue weighted by Gasteiger charge is 2.15. The number of aliphatic hydroxyl groups excluding tert-OH is 1. The number of hydrogen-bond acceptors (Lipinski definition) is 4. The first-order valence-electron chi connectivity index (χ1n) is 5.06. The van der Waals surface area contributed by atoms with E-state index in [1.165, 1.54) is 11.3 Å². The van der Waals surface area contributed by atoms with Gasteiger partial charge in [0.2, 0.25) is 0 Å². The monoisotopic (exact) mass is 269 g/mol. The van der Waals surface area contributed by atoms with E-state index >= 15 is 0 Å². The molecular weight excluding hydrogens is 258 g/mol. The van der Waals surface area contributed by atoms with Crippen molar-refractivity contribution < 1.29 is 9.84 Å². The van der Waals surface area contributed by atoms with Crippen LogP contribution in [-0.2, 0) is 6.61 Å². The second kappa shape index (κ2) is 5.04. The molecule has 0 radical (unpaired) electrons. The fourth-order valence-corrected chi connectivity index (χ4v) is 2.62. The average Bonchev–Trinajstić information content (AvgIpc) is 2.72. The molecule has 0 saturated carbocycles.